The number of hydrogen-bond donors (Lipinski definition) is 1. The fourth-order valence-electron chi connectivity index (χ4n) is 6.07. The predicted molar refractivity (Wildman–Crippen MR) is 160 cm³/mol. The molecule has 4 atom stereocenters. The smallest absolute Gasteiger partial charge is 0.327 e. The largest absolute Gasteiger partial charge is 0.491 e. The number of nitrogens with zero attached hydrogens (tertiary/aromatic N) is 2. The number of carbonyl (C=O) groups excluding carboxylic acids is 1. The van der Waals surface area contributed by atoms with Gasteiger partial charge in [0, 0.05) is 49.6 Å². The van der Waals surface area contributed by atoms with E-state index in [9.17, 15) is 4.79 Å². The number of benzene rings is 2. The minimum Gasteiger partial charge on any atom is -0.491 e. The summed E-state index contributed by atoms with van der Waals surface area (Å²) in [6, 6.07) is 12.5. The van der Waals surface area contributed by atoms with Crippen molar-refractivity contribution < 1.29 is 14.3 Å². The number of amides is 2. The number of hydrogen-bond acceptors (Lipinski definition) is 5. The molecule has 210 valence electrons. The lowest BCUT2D eigenvalue weighted by Crippen LogP contribution is -2.44. The van der Waals surface area contributed by atoms with E-state index in [1.54, 1.807) is 4.90 Å². The molecule has 0 spiro atoms. The Morgan fingerprint density at radius 1 is 1.18 bits per heavy atom. The zero-order valence-corrected chi connectivity index (χ0v) is 24.8. The summed E-state index contributed by atoms with van der Waals surface area (Å²) >= 11 is 7.77. The summed E-state index contributed by atoms with van der Waals surface area (Å²) in [4.78, 5) is 17.9. The SMILES string of the molecule is CCCc1cc(Cl)ccc1C1COc2ccc3cc2N(C1)CC1CCC1C(OC)/C=C/CCN(C)C(=O)NS3. The Hall–Kier alpha value is -2.35. The fourth-order valence-corrected chi connectivity index (χ4v) is 6.93. The second-order valence-corrected chi connectivity index (χ2v) is 12.3. The molecule has 2 aromatic rings. The van der Waals surface area contributed by atoms with Crippen molar-refractivity contribution in [3.8, 4) is 5.75 Å². The van der Waals surface area contributed by atoms with E-state index >= 15 is 0 Å². The van der Waals surface area contributed by atoms with Crippen LogP contribution in [0.4, 0.5) is 10.5 Å². The van der Waals surface area contributed by atoms with Gasteiger partial charge in [-0.05, 0) is 90.9 Å². The molecule has 2 bridgehead atoms. The molecule has 0 saturated heterocycles. The number of halogens is 1. The van der Waals surface area contributed by atoms with Crippen LogP contribution in [0, 0.1) is 11.8 Å². The summed E-state index contributed by atoms with van der Waals surface area (Å²) in [6.45, 7) is 5.30. The molecule has 8 heteroatoms. The molecule has 0 aromatic heterocycles. The van der Waals surface area contributed by atoms with Gasteiger partial charge in [0.1, 0.15) is 5.75 Å². The highest BCUT2D eigenvalue weighted by Gasteiger charge is 2.38. The van der Waals surface area contributed by atoms with Crippen LogP contribution in [0.1, 0.15) is 49.7 Å². The van der Waals surface area contributed by atoms with Crippen molar-refractivity contribution in [3.05, 3.63) is 64.7 Å². The third-order valence-electron chi connectivity index (χ3n) is 8.40. The Bertz CT molecular complexity index is 1190. The molecule has 0 radical (unpaired) electrons. The van der Waals surface area contributed by atoms with Crippen LogP contribution >= 0.6 is 23.5 Å². The van der Waals surface area contributed by atoms with Crippen molar-refractivity contribution in [2.45, 2.75) is 55.9 Å². The van der Waals surface area contributed by atoms with Crippen LogP contribution in [0.25, 0.3) is 0 Å². The van der Waals surface area contributed by atoms with E-state index in [1.165, 1.54) is 35.9 Å². The van der Waals surface area contributed by atoms with Gasteiger partial charge in [0.05, 0.1) is 18.4 Å². The highest BCUT2D eigenvalue weighted by atomic mass is 35.5. The van der Waals surface area contributed by atoms with Gasteiger partial charge in [-0.25, -0.2) is 4.79 Å². The maximum Gasteiger partial charge on any atom is 0.327 e. The molecular weight excluding hydrogens is 530 g/mol. The van der Waals surface area contributed by atoms with Crippen molar-refractivity contribution in [1.82, 2.24) is 9.62 Å². The first-order chi connectivity index (χ1) is 19.0. The molecule has 2 heterocycles. The van der Waals surface area contributed by atoms with Gasteiger partial charge in [0.15, 0.2) is 0 Å². The summed E-state index contributed by atoms with van der Waals surface area (Å²) in [7, 11) is 3.64. The quantitative estimate of drug-likeness (QED) is 0.320. The van der Waals surface area contributed by atoms with Crippen molar-refractivity contribution in [2.75, 3.05) is 45.3 Å². The van der Waals surface area contributed by atoms with E-state index in [-0.39, 0.29) is 18.1 Å². The van der Waals surface area contributed by atoms with E-state index < -0.39 is 0 Å². The van der Waals surface area contributed by atoms with Crippen LogP contribution in [0.3, 0.4) is 0 Å². The van der Waals surface area contributed by atoms with Crippen LogP contribution in [-0.4, -0.2) is 57.4 Å². The highest BCUT2D eigenvalue weighted by molar-refractivity contribution is 7.98. The van der Waals surface area contributed by atoms with E-state index in [4.69, 9.17) is 21.1 Å². The van der Waals surface area contributed by atoms with Gasteiger partial charge in [-0.15, -0.1) is 0 Å². The number of nitrogens with one attached hydrogen (secondary N) is 1. The lowest BCUT2D eigenvalue weighted by molar-refractivity contribution is 0.0134. The van der Waals surface area contributed by atoms with Crippen molar-refractivity contribution in [1.29, 1.82) is 0 Å². The summed E-state index contributed by atoms with van der Waals surface area (Å²) in [5, 5.41) is 0.787. The van der Waals surface area contributed by atoms with Crippen LogP contribution in [0.2, 0.25) is 5.02 Å². The van der Waals surface area contributed by atoms with Crippen molar-refractivity contribution in [3.63, 3.8) is 0 Å². The third kappa shape index (κ3) is 6.53. The highest BCUT2D eigenvalue weighted by Crippen LogP contribution is 2.43. The molecule has 3 aliphatic rings. The molecule has 39 heavy (non-hydrogen) atoms. The van der Waals surface area contributed by atoms with Gasteiger partial charge in [0.2, 0.25) is 0 Å². The van der Waals surface area contributed by atoms with Crippen LogP contribution in [0.15, 0.2) is 53.4 Å². The molecule has 2 amide bonds. The third-order valence-corrected chi connectivity index (χ3v) is 9.40. The molecular formula is C31H40ClN3O3S. The predicted octanol–water partition coefficient (Wildman–Crippen LogP) is 6.92. The number of urea groups is 1. The standard InChI is InChI=1S/C31H40ClN3O3S/c1-4-7-21-16-24(32)10-13-26(21)23-19-35-18-22-9-12-27(22)29(37-3)8-5-6-15-34(2)31(36)33-39-25-11-14-30(38-20-23)28(35)17-25/h5,8,10-11,13-14,16-17,22-23,27,29H,4,6-7,9,12,15,18-20H2,1-3H3,(H,33,36)/b8-5+. The second kappa shape index (κ2) is 12.9. The molecule has 1 aliphatic carbocycles. The monoisotopic (exact) mass is 569 g/mol. The summed E-state index contributed by atoms with van der Waals surface area (Å²) in [5.41, 5.74) is 3.74. The molecule has 1 saturated carbocycles. The van der Waals surface area contributed by atoms with Gasteiger partial charge in [0.25, 0.3) is 0 Å². The number of rotatable bonds is 4. The number of carbonyl (C=O) groups is 1. The summed E-state index contributed by atoms with van der Waals surface area (Å²) < 4.78 is 15.4. The Labute approximate surface area is 242 Å². The molecule has 1 N–H and O–H groups in total. The first-order valence-corrected chi connectivity index (χ1v) is 15.3. The minimum atomic E-state index is -0.0999. The Morgan fingerprint density at radius 3 is 2.82 bits per heavy atom. The molecule has 6 nitrogen and oxygen atoms in total. The average molecular weight is 570 g/mol. The molecule has 1 fully saturated rings. The number of anilines is 1. The zero-order chi connectivity index (χ0) is 27.4. The van der Waals surface area contributed by atoms with E-state index in [1.807, 2.05) is 26.3 Å². The Balaban J connectivity index is 1.49. The molecule has 4 unspecified atom stereocenters. The van der Waals surface area contributed by atoms with Gasteiger partial charge in [-0.2, -0.15) is 0 Å². The minimum absolute atomic E-state index is 0.0867. The molecule has 2 aliphatic heterocycles. The maximum atomic E-state index is 12.7. The van der Waals surface area contributed by atoms with Crippen LogP contribution < -0.4 is 14.4 Å². The number of aryl methyl sites for hydroxylation is 1. The molecule has 2 aromatic carbocycles. The Kier molecular flexibility index (Phi) is 9.31. The van der Waals surface area contributed by atoms with Gasteiger partial charge in [-0.3, -0.25) is 4.72 Å². The Morgan fingerprint density at radius 2 is 2.05 bits per heavy atom. The van der Waals surface area contributed by atoms with E-state index in [0.717, 1.165) is 53.7 Å². The number of fused-ring (bicyclic) bond motifs is 2. The first kappa shape index (κ1) is 28.2. The van der Waals surface area contributed by atoms with E-state index in [0.29, 0.717) is 25.0 Å². The number of ether oxygens (including phenoxy) is 2. The first-order valence-electron chi connectivity index (χ1n) is 14.1. The maximum absolute atomic E-state index is 12.7. The lowest BCUT2D eigenvalue weighted by atomic mass is 9.70. The second-order valence-electron chi connectivity index (χ2n) is 11.0. The summed E-state index contributed by atoms with van der Waals surface area (Å²) in [6.07, 6.45) is 9.70. The normalized spacial score (nSPS) is 26.5. The van der Waals surface area contributed by atoms with Gasteiger partial charge < -0.3 is 19.3 Å². The van der Waals surface area contributed by atoms with Gasteiger partial charge >= 0.3 is 6.03 Å². The number of methoxy groups -OCH3 is 1. The van der Waals surface area contributed by atoms with E-state index in [2.05, 4.69) is 53.0 Å². The van der Waals surface area contributed by atoms with Gasteiger partial charge in [-0.1, -0.05) is 43.2 Å². The topological polar surface area (TPSA) is 54.0 Å². The zero-order valence-electron chi connectivity index (χ0n) is 23.2. The fraction of sp³-hybridized carbons (Fsp3) is 0.516. The van der Waals surface area contributed by atoms with Crippen molar-refractivity contribution in [2.24, 2.45) is 11.8 Å². The van der Waals surface area contributed by atoms with Crippen LogP contribution in [-0.2, 0) is 11.2 Å². The molecule has 5 rings (SSSR count). The van der Waals surface area contributed by atoms with Crippen molar-refractivity contribution >= 4 is 35.3 Å². The van der Waals surface area contributed by atoms with Crippen LogP contribution in [0.5, 0.6) is 5.75 Å². The lowest BCUT2D eigenvalue weighted by Gasteiger charge is -2.43. The summed E-state index contributed by atoms with van der Waals surface area (Å²) in [5.74, 6) is 2.15. The average Bonchev–Trinajstić information content (AvgIpc) is 3.10.